The van der Waals surface area contributed by atoms with Crippen molar-refractivity contribution in [1.29, 1.82) is 5.26 Å². The highest BCUT2D eigenvalue weighted by Crippen LogP contribution is 2.42. The molecule has 1 aliphatic heterocycles. The number of ether oxygens (including phenoxy) is 1. The van der Waals surface area contributed by atoms with E-state index in [1.54, 1.807) is 17.7 Å². The number of aliphatic imine (C=N–C) groups is 1. The van der Waals surface area contributed by atoms with Crippen molar-refractivity contribution in [3.8, 4) is 11.8 Å². The molecule has 2 heterocycles. The fourth-order valence-corrected chi connectivity index (χ4v) is 5.31. The molecular formula is C27H31ClN4O3. The second-order valence-corrected chi connectivity index (χ2v) is 10.1. The summed E-state index contributed by atoms with van der Waals surface area (Å²) in [6, 6.07) is 9.77. The van der Waals surface area contributed by atoms with Crippen LogP contribution >= 0.6 is 11.6 Å². The van der Waals surface area contributed by atoms with Crippen LogP contribution in [0, 0.1) is 17.2 Å². The van der Waals surface area contributed by atoms with Crippen molar-refractivity contribution in [1.82, 2.24) is 9.88 Å². The largest absolute Gasteiger partial charge is 0.488 e. The van der Waals surface area contributed by atoms with Crippen LogP contribution in [0.25, 0.3) is 0 Å². The summed E-state index contributed by atoms with van der Waals surface area (Å²) in [7, 11) is 1.72. The van der Waals surface area contributed by atoms with Gasteiger partial charge in [-0.2, -0.15) is 5.26 Å². The highest BCUT2D eigenvalue weighted by Gasteiger charge is 2.42. The number of carbonyl (C=O) groups excluding carboxylic acids is 2. The molecule has 0 saturated heterocycles. The molecule has 1 aromatic carbocycles. The van der Waals surface area contributed by atoms with Crippen molar-refractivity contribution in [2.24, 2.45) is 18.0 Å². The lowest BCUT2D eigenvalue weighted by atomic mass is 9.84. The van der Waals surface area contributed by atoms with E-state index in [-0.39, 0.29) is 23.3 Å². The van der Waals surface area contributed by atoms with E-state index < -0.39 is 17.4 Å². The first-order chi connectivity index (χ1) is 16.7. The molecule has 0 radical (unpaired) electrons. The molecule has 2 aromatic rings. The topological polar surface area (TPSA) is 96.5 Å². The second kappa shape index (κ2) is 9.87. The number of Topliss-reactive ketones (excluding diaryl/α,β-unsaturated/α-hetero) is 1. The van der Waals surface area contributed by atoms with Crippen LogP contribution in [0.2, 0.25) is 5.02 Å². The SMILES string of the molecule is CCC1=Nc2c(c(OC(C)C)c(C(=O)NC3(C#N)CCCC3)n2C)C(=O)C1Cc1cccc(Cl)c1. The van der Waals surface area contributed by atoms with Gasteiger partial charge in [-0.05, 0) is 70.1 Å². The molecule has 184 valence electrons. The Kier molecular flexibility index (Phi) is 7.05. The molecule has 1 amide bonds. The van der Waals surface area contributed by atoms with Gasteiger partial charge in [0.15, 0.2) is 17.2 Å². The summed E-state index contributed by atoms with van der Waals surface area (Å²) in [4.78, 5) is 32.3. The van der Waals surface area contributed by atoms with Crippen LogP contribution in [0.5, 0.6) is 5.75 Å². The van der Waals surface area contributed by atoms with Gasteiger partial charge in [0.2, 0.25) is 0 Å². The smallest absolute Gasteiger partial charge is 0.273 e. The quantitative estimate of drug-likeness (QED) is 0.544. The average Bonchev–Trinajstić information content (AvgIpc) is 3.38. The van der Waals surface area contributed by atoms with Crippen LogP contribution in [0.4, 0.5) is 5.82 Å². The first kappa shape index (κ1) is 25.0. The highest BCUT2D eigenvalue weighted by atomic mass is 35.5. The maximum absolute atomic E-state index is 13.9. The molecule has 1 saturated carbocycles. The van der Waals surface area contributed by atoms with E-state index in [0.717, 1.165) is 24.1 Å². The van der Waals surface area contributed by atoms with E-state index >= 15 is 0 Å². The van der Waals surface area contributed by atoms with E-state index in [2.05, 4.69) is 11.4 Å². The number of halogens is 1. The third-order valence-corrected chi connectivity index (χ3v) is 7.05. The fourth-order valence-electron chi connectivity index (χ4n) is 5.10. The number of benzene rings is 1. The molecule has 0 spiro atoms. The maximum atomic E-state index is 13.9. The minimum Gasteiger partial charge on any atom is -0.488 e. The Bertz CT molecular complexity index is 1230. The minimum atomic E-state index is -0.895. The lowest BCUT2D eigenvalue weighted by Crippen LogP contribution is -2.45. The molecule has 2 aliphatic rings. The zero-order valence-electron chi connectivity index (χ0n) is 20.7. The van der Waals surface area contributed by atoms with Crippen LogP contribution in [0.1, 0.15) is 79.3 Å². The van der Waals surface area contributed by atoms with Crippen LogP contribution in [-0.2, 0) is 13.5 Å². The third kappa shape index (κ3) is 4.72. The monoisotopic (exact) mass is 494 g/mol. The van der Waals surface area contributed by atoms with Crippen molar-refractivity contribution >= 4 is 34.8 Å². The van der Waals surface area contributed by atoms with E-state index in [1.165, 1.54) is 0 Å². The summed E-state index contributed by atoms with van der Waals surface area (Å²) in [5, 5.41) is 13.3. The lowest BCUT2D eigenvalue weighted by Gasteiger charge is -2.23. The Balaban J connectivity index is 1.79. The summed E-state index contributed by atoms with van der Waals surface area (Å²) < 4.78 is 7.73. The second-order valence-electron chi connectivity index (χ2n) is 9.66. The van der Waals surface area contributed by atoms with Gasteiger partial charge in [-0.1, -0.05) is 30.7 Å². The Morgan fingerprint density at radius 3 is 2.69 bits per heavy atom. The van der Waals surface area contributed by atoms with Crippen molar-refractivity contribution in [3.63, 3.8) is 0 Å². The fraction of sp³-hybridized carbons (Fsp3) is 0.481. The summed E-state index contributed by atoms with van der Waals surface area (Å²) >= 11 is 6.18. The summed E-state index contributed by atoms with van der Waals surface area (Å²) in [5.41, 5.74) is 1.36. The predicted molar refractivity (Wildman–Crippen MR) is 136 cm³/mol. The molecule has 1 unspecified atom stereocenters. The Morgan fingerprint density at radius 2 is 2.09 bits per heavy atom. The number of aromatic nitrogens is 1. The Hall–Kier alpha value is -3.11. The average molecular weight is 495 g/mol. The highest BCUT2D eigenvalue weighted by molar-refractivity contribution is 6.30. The van der Waals surface area contributed by atoms with Crippen LogP contribution in [0.3, 0.4) is 0 Å². The van der Waals surface area contributed by atoms with Gasteiger partial charge in [0, 0.05) is 17.8 Å². The van der Waals surface area contributed by atoms with Gasteiger partial charge in [-0.3, -0.25) is 9.59 Å². The van der Waals surface area contributed by atoms with Crippen molar-refractivity contribution in [2.75, 3.05) is 0 Å². The zero-order chi connectivity index (χ0) is 25.3. The molecule has 4 rings (SSSR count). The molecule has 35 heavy (non-hydrogen) atoms. The Morgan fingerprint density at radius 1 is 1.37 bits per heavy atom. The van der Waals surface area contributed by atoms with Crippen molar-refractivity contribution in [3.05, 3.63) is 46.1 Å². The van der Waals surface area contributed by atoms with Gasteiger partial charge < -0.3 is 14.6 Å². The number of carbonyl (C=O) groups is 2. The molecular weight excluding hydrogens is 464 g/mol. The number of nitrogens with zero attached hydrogens (tertiary/aromatic N) is 3. The molecule has 1 N–H and O–H groups in total. The molecule has 1 atom stereocenters. The Labute approximate surface area is 211 Å². The standard InChI is InChI=1S/C27H31ClN4O3/c1-5-20-19(14-17-9-8-10-18(28)13-17)23(33)21-24(35-16(2)3)22(32(4)25(21)30-20)26(34)31-27(15-29)11-6-7-12-27/h8-10,13,16,19H,5-7,11-12,14H2,1-4H3,(H,31,34). The first-order valence-corrected chi connectivity index (χ1v) is 12.6. The van der Waals surface area contributed by atoms with Gasteiger partial charge in [0.25, 0.3) is 5.91 Å². The van der Waals surface area contributed by atoms with Crippen molar-refractivity contribution in [2.45, 2.75) is 70.9 Å². The minimum absolute atomic E-state index is 0.118. The predicted octanol–water partition coefficient (Wildman–Crippen LogP) is 5.57. The molecule has 0 bridgehead atoms. The number of fused-ring (bicyclic) bond motifs is 1. The number of hydrogen-bond acceptors (Lipinski definition) is 5. The van der Waals surface area contributed by atoms with Crippen LogP contribution in [-0.4, -0.2) is 33.6 Å². The summed E-state index contributed by atoms with van der Waals surface area (Å²) in [6.07, 6.45) is 3.79. The van der Waals surface area contributed by atoms with Gasteiger partial charge in [0.05, 0.1) is 18.1 Å². The molecule has 1 fully saturated rings. The van der Waals surface area contributed by atoms with Crippen LogP contribution in [0.15, 0.2) is 29.3 Å². The number of nitriles is 1. The van der Waals surface area contributed by atoms with Gasteiger partial charge in [0.1, 0.15) is 16.9 Å². The molecule has 7 nitrogen and oxygen atoms in total. The number of amides is 1. The number of rotatable bonds is 7. The van der Waals surface area contributed by atoms with Gasteiger partial charge in [-0.15, -0.1) is 0 Å². The number of hydrogen-bond donors (Lipinski definition) is 1. The van der Waals surface area contributed by atoms with Crippen LogP contribution < -0.4 is 10.1 Å². The van der Waals surface area contributed by atoms with E-state index in [1.807, 2.05) is 39.0 Å². The normalized spacial score (nSPS) is 18.7. The zero-order valence-corrected chi connectivity index (χ0v) is 21.4. The van der Waals surface area contributed by atoms with E-state index in [4.69, 9.17) is 21.3 Å². The van der Waals surface area contributed by atoms with Crippen molar-refractivity contribution < 1.29 is 14.3 Å². The summed E-state index contributed by atoms with van der Waals surface area (Å²) in [6.45, 7) is 5.68. The van der Waals surface area contributed by atoms with Gasteiger partial charge >= 0.3 is 0 Å². The third-order valence-electron chi connectivity index (χ3n) is 6.82. The number of ketones is 1. The molecule has 8 heteroatoms. The number of nitrogens with one attached hydrogen (secondary N) is 1. The molecule has 1 aliphatic carbocycles. The summed E-state index contributed by atoms with van der Waals surface area (Å²) in [5.74, 6) is -0.353. The van der Waals surface area contributed by atoms with E-state index in [0.29, 0.717) is 42.1 Å². The van der Waals surface area contributed by atoms with E-state index in [9.17, 15) is 14.9 Å². The maximum Gasteiger partial charge on any atom is 0.273 e. The lowest BCUT2D eigenvalue weighted by molar-refractivity contribution is 0.0906. The first-order valence-electron chi connectivity index (χ1n) is 12.2. The molecule has 1 aromatic heterocycles. The van der Waals surface area contributed by atoms with Gasteiger partial charge in [-0.25, -0.2) is 4.99 Å².